The summed E-state index contributed by atoms with van der Waals surface area (Å²) in [5.41, 5.74) is 2.26. The number of rotatable bonds is 3. The van der Waals surface area contributed by atoms with Crippen molar-refractivity contribution in [2.24, 2.45) is 10.2 Å². The normalized spacial score (nSPS) is 15.1. The van der Waals surface area contributed by atoms with Crippen LogP contribution in [0.1, 0.15) is 0 Å². The summed E-state index contributed by atoms with van der Waals surface area (Å²) >= 11 is 0. The Balaban J connectivity index is 1.80. The number of ether oxygens (including phenoxy) is 1. The molecule has 1 heterocycles. The highest BCUT2D eigenvalue weighted by Crippen LogP contribution is 2.42. The molecule has 3 aromatic rings. The maximum atomic E-state index is 10.6. The van der Waals surface area contributed by atoms with E-state index < -0.39 is 0 Å². The Labute approximate surface area is 146 Å². The quantitative estimate of drug-likeness (QED) is 0.701. The minimum Gasteiger partial charge on any atom is -0.506 e. The molecule has 126 valence electrons. The Morgan fingerprint density at radius 2 is 1.52 bits per heavy atom. The molecule has 1 fully saturated rings. The lowest BCUT2D eigenvalue weighted by molar-refractivity contribution is 0.123. The summed E-state index contributed by atoms with van der Waals surface area (Å²) in [6.45, 7) is 3.03. The predicted octanol–water partition coefficient (Wildman–Crippen LogP) is 4.80. The number of phenols is 1. The number of phenolic OH excluding ortho intramolecular Hbond substituents is 1. The van der Waals surface area contributed by atoms with Gasteiger partial charge in [-0.25, -0.2) is 0 Å². The lowest BCUT2D eigenvalue weighted by Crippen LogP contribution is -2.36. The average molecular weight is 333 g/mol. The van der Waals surface area contributed by atoms with Gasteiger partial charge in [-0.1, -0.05) is 42.5 Å². The molecule has 0 bridgehead atoms. The molecule has 25 heavy (non-hydrogen) atoms. The number of aromatic hydroxyl groups is 1. The highest BCUT2D eigenvalue weighted by atomic mass is 16.5. The van der Waals surface area contributed by atoms with E-state index in [1.54, 1.807) is 6.07 Å². The van der Waals surface area contributed by atoms with Crippen LogP contribution in [0.15, 0.2) is 70.9 Å². The third-order valence-corrected chi connectivity index (χ3v) is 4.35. The van der Waals surface area contributed by atoms with E-state index in [0.29, 0.717) is 18.9 Å². The van der Waals surface area contributed by atoms with Crippen LogP contribution in [-0.2, 0) is 4.74 Å². The van der Waals surface area contributed by atoms with Gasteiger partial charge in [0.25, 0.3) is 0 Å². The van der Waals surface area contributed by atoms with E-state index >= 15 is 0 Å². The number of hydrogen-bond donors (Lipinski definition) is 1. The van der Waals surface area contributed by atoms with Gasteiger partial charge < -0.3 is 14.7 Å². The van der Waals surface area contributed by atoms with Crippen LogP contribution >= 0.6 is 0 Å². The topological polar surface area (TPSA) is 57.4 Å². The molecule has 1 aliphatic rings. The first kappa shape index (κ1) is 15.6. The molecule has 1 saturated heterocycles. The van der Waals surface area contributed by atoms with Crippen molar-refractivity contribution in [1.82, 2.24) is 0 Å². The Bertz CT molecular complexity index is 903. The fourth-order valence-corrected chi connectivity index (χ4v) is 3.10. The molecule has 0 unspecified atom stereocenters. The smallest absolute Gasteiger partial charge is 0.145 e. The molecule has 0 amide bonds. The molecule has 4 rings (SSSR count). The zero-order valence-electron chi connectivity index (χ0n) is 13.8. The number of hydrogen-bond acceptors (Lipinski definition) is 5. The van der Waals surface area contributed by atoms with Crippen molar-refractivity contribution in [1.29, 1.82) is 0 Å². The van der Waals surface area contributed by atoms with Crippen LogP contribution < -0.4 is 4.90 Å². The van der Waals surface area contributed by atoms with E-state index in [9.17, 15) is 5.11 Å². The summed E-state index contributed by atoms with van der Waals surface area (Å²) in [4.78, 5) is 2.24. The van der Waals surface area contributed by atoms with Crippen LogP contribution in [0.2, 0.25) is 0 Å². The molecule has 0 aromatic heterocycles. The summed E-state index contributed by atoms with van der Waals surface area (Å²) in [6.07, 6.45) is 0. The van der Waals surface area contributed by atoms with Crippen molar-refractivity contribution < 1.29 is 9.84 Å². The maximum absolute atomic E-state index is 10.6. The molecule has 0 atom stereocenters. The molecule has 5 heteroatoms. The van der Waals surface area contributed by atoms with Crippen molar-refractivity contribution >= 4 is 27.8 Å². The summed E-state index contributed by atoms with van der Waals surface area (Å²) in [5, 5.41) is 21.1. The number of benzene rings is 3. The van der Waals surface area contributed by atoms with Gasteiger partial charge in [0.15, 0.2) is 0 Å². The summed E-state index contributed by atoms with van der Waals surface area (Å²) in [5.74, 6) is 0.139. The second-order valence-electron chi connectivity index (χ2n) is 5.94. The third-order valence-electron chi connectivity index (χ3n) is 4.35. The van der Waals surface area contributed by atoms with Crippen LogP contribution in [0.25, 0.3) is 10.8 Å². The Kier molecular flexibility index (Phi) is 4.31. The number of fused-ring (bicyclic) bond motifs is 1. The Morgan fingerprint density at radius 3 is 2.28 bits per heavy atom. The fourth-order valence-electron chi connectivity index (χ4n) is 3.10. The molecule has 1 N–H and O–H groups in total. The molecule has 0 aliphatic carbocycles. The van der Waals surface area contributed by atoms with E-state index in [2.05, 4.69) is 21.2 Å². The summed E-state index contributed by atoms with van der Waals surface area (Å²) in [7, 11) is 0. The lowest BCUT2D eigenvalue weighted by Gasteiger charge is -2.30. The van der Waals surface area contributed by atoms with E-state index in [-0.39, 0.29) is 5.75 Å². The monoisotopic (exact) mass is 333 g/mol. The number of anilines is 1. The Morgan fingerprint density at radius 1 is 0.840 bits per heavy atom. The maximum Gasteiger partial charge on any atom is 0.145 e. The standard InChI is InChI=1S/C20H19N3O2/c24-19-14-18(23-10-12-25-13-11-23)16-8-4-5-9-17(16)20(19)22-21-15-6-2-1-3-7-15/h1-9,14,24H,10-13H2. The molecule has 0 radical (unpaired) electrons. The van der Waals surface area contributed by atoms with Gasteiger partial charge in [-0.05, 0) is 12.1 Å². The van der Waals surface area contributed by atoms with Crippen LogP contribution in [0.5, 0.6) is 5.75 Å². The minimum absolute atomic E-state index is 0.139. The largest absolute Gasteiger partial charge is 0.506 e. The third kappa shape index (κ3) is 3.19. The molecule has 3 aromatic carbocycles. The highest BCUT2D eigenvalue weighted by molar-refractivity contribution is 6.03. The van der Waals surface area contributed by atoms with Gasteiger partial charge in [0, 0.05) is 35.6 Å². The molecule has 5 nitrogen and oxygen atoms in total. The minimum atomic E-state index is 0.139. The zero-order chi connectivity index (χ0) is 17.1. The first-order valence-corrected chi connectivity index (χ1v) is 8.37. The van der Waals surface area contributed by atoms with Gasteiger partial charge in [0.1, 0.15) is 11.4 Å². The molecule has 1 aliphatic heterocycles. The summed E-state index contributed by atoms with van der Waals surface area (Å²) in [6, 6.07) is 19.3. The van der Waals surface area contributed by atoms with Crippen molar-refractivity contribution in [2.75, 3.05) is 31.2 Å². The van der Waals surface area contributed by atoms with Crippen molar-refractivity contribution in [3.63, 3.8) is 0 Å². The second-order valence-corrected chi connectivity index (χ2v) is 5.94. The van der Waals surface area contributed by atoms with Gasteiger partial charge in [-0.15, -0.1) is 5.11 Å². The van der Waals surface area contributed by atoms with Gasteiger partial charge in [-0.3, -0.25) is 0 Å². The SMILES string of the molecule is Oc1cc(N2CCOCC2)c2ccccc2c1N=Nc1ccccc1. The van der Waals surface area contributed by atoms with E-state index in [1.165, 1.54) is 0 Å². The van der Waals surface area contributed by atoms with Crippen molar-refractivity contribution in [2.45, 2.75) is 0 Å². The first-order valence-electron chi connectivity index (χ1n) is 8.37. The van der Waals surface area contributed by atoms with Crippen LogP contribution in [-0.4, -0.2) is 31.4 Å². The van der Waals surface area contributed by atoms with Crippen LogP contribution in [0.3, 0.4) is 0 Å². The fraction of sp³-hybridized carbons (Fsp3) is 0.200. The van der Waals surface area contributed by atoms with Crippen LogP contribution in [0.4, 0.5) is 17.1 Å². The highest BCUT2D eigenvalue weighted by Gasteiger charge is 2.18. The van der Waals surface area contributed by atoms with Gasteiger partial charge in [-0.2, -0.15) is 5.11 Å². The van der Waals surface area contributed by atoms with Crippen LogP contribution in [0, 0.1) is 0 Å². The summed E-state index contributed by atoms with van der Waals surface area (Å²) < 4.78 is 5.44. The van der Waals surface area contributed by atoms with E-state index in [0.717, 1.165) is 35.2 Å². The van der Waals surface area contributed by atoms with Crippen molar-refractivity contribution in [3.05, 3.63) is 60.7 Å². The predicted molar refractivity (Wildman–Crippen MR) is 99.3 cm³/mol. The molecular formula is C20H19N3O2. The molecule has 0 spiro atoms. The Hall–Kier alpha value is -2.92. The molecule has 0 saturated carbocycles. The van der Waals surface area contributed by atoms with Gasteiger partial charge in [0.05, 0.1) is 18.9 Å². The number of azo groups is 1. The average Bonchev–Trinajstić information content (AvgIpc) is 2.68. The first-order chi connectivity index (χ1) is 12.3. The zero-order valence-corrected chi connectivity index (χ0v) is 13.8. The number of morpholine rings is 1. The van der Waals surface area contributed by atoms with E-state index in [4.69, 9.17) is 4.74 Å². The van der Waals surface area contributed by atoms with E-state index in [1.807, 2.05) is 48.5 Å². The van der Waals surface area contributed by atoms with Gasteiger partial charge >= 0.3 is 0 Å². The second kappa shape index (κ2) is 6.91. The number of nitrogens with zero attached hydrogens (tertiary/aromatic N) is 3. The molecular weight excluding hydrogens is 314 g/mol. The lowest BCUT2D eigenvalue weighted by atomic mass is 10.0. The van der Waals surface area contributed by atoms with Gasteiger partial charge in [0.2, 0.25) is 0 Å². The van der Waals surface area contributed by atoms with Crippen molar-refractivity contribution in [3.8, 4) is 5.75 Å².